The molecule has 0 saturated carbocycles. The monoisotopic (exact) mass is 587 g/mol. The van der Waals surface area contributed by atoms with Gasteiger partial charge >= 0.3 is 5.97 Å². The molecule has 0 aliphatic carbocycles. The van der Waals surface area contributed by atoms with Gasteiger partial charge < -0.3 is 18.8 Å². The average Bonchev–Trinajstić information content (AvgIpc) is 3.52. The van der Waals surface area contributed by atoms with Crippen LogP contribution in [0.25, 0.3) is 27.8 Å². The van der Waals surface area contributed by atoms with E-state index in [4.69, 9.17) is 25.7 Å². The number of ether oxygens (including phenoxy) is 1. The van der Waals surface area contributed by atoms with Crippen molar-refractivity contribution in [2.75, 3.05) is 19.7 Å². The van der Waals surface area contributed by atoms with Gasteiger partial charge in [-0.15, -0.1) is 0 Å². The molecule has 7 rings (SSSR count). The van der Waals surface area contributed by atoms with E-state index in [1.165, 1.54) is 17.7 Å². The quantitative estimate of drug-likeness (QED) is 0.245. The van der Waals surface area contributed by atoms with E-state index < -0.39 is 5.97 Å². The minimum atomic E-state index is -1.06. The van der Waals surface area contributed by atoms with Gasteiger partial charge in [0.2, 0.25) is 0 Å². The molecule has 11 heteroatoms. The van der Waals surface area contributed by atoms with Gasteiger partial charge in [0, 0.05) is 30.3 Å². The second-order valence-corrected chi connectivity index (χ2v) is 11.1. The Morgan fingerprint density at radius 2 is 2.00 bits per heavy atom. The molecule has 2 aliphatic rings. The number of rotatable bonds is 8. The van der Waals surface area contributed by atoms with Crippen LogP contribution in [0.15, 0.2) is 59.0 Å². The van der Waals surface area contributed by atoms with E-state index in [1.807, 2.05) is 22.8 Å². The summed E-state index contributed by atoms with van der Waals surface area (Å²) in [6.07, 6.45) is 4.26. The standard InChI is InChI=1S/C31H27ClFN5O4/c32-20-5-4-19(23(33)15-20)14-28-35-24-3-1-2-22(29(24)42-28)18-8-11-37(12-9-18)17-27-34-25-6-7-26(31(39)40)36-30(25)38(27)16-21-10-13-41-21/h1-8,15,21H,9-14,16-17H2,(H,39,40)/t21-/m0/s1. The minimum absolute atomic E-state index is 0.00155. The molecule has 0 unspecified atom stereocenters. The van der Waals surface area contributed by atoms with Crippen LogP contribution in [-0.2, 0) is 24.2 Å². The molecule has 214 valence electrons. The summed E-state index contributed by atoms with van der Waals surface area (Å²) in [4.78, 5) is 27.7. The van der Waals surface area contributed by atoms with Crippen molar-refractivity contribution in [1.29, 1.82) is 0 Å². The lowest BCUT2D eigenvalue weighted by Gasteiger charge is -2.29. The van der Waals surface area contributed by atoms with E-state index in [-0.39, 0.29) is 24.0 Å². The second kappa shape index (κ2) is 10.9. The molecule has 2 aliphatic heterocycles. The summed E-state index contributed by atoms with van der Waals surface area (Å²) in [5.41, 5.74) is 5.31. The van der Waals surface area contributed by atoms with Crippen LogP contribution >= 0.6 is 11.6 Å². The second-order valence-electron chi connectivity index (χ2n) is 10.7. The number of hydrogen-bond acceptors (Lipinski definition) is 7. The Bertz CT molecular complexity index is 1860. The van der Waals surface area contributed by atoms with E-state index in [0.717, 1.165) is 42.9 Å². The van der Waals surface area contributed by atoms with Gasteiger partial charge in [-0.05, 0) is 54.3 Å². The number of nitrogens with zero attached hydrogens (tertiary/aromatic N) is 5. The lowest BCUT2D eigenvalue weighted by molar-refractivity contribution is -0.0592. The van der Waals surface area contributed by atoms with Gasteiger partial charge in [0.05, 0.1) is 25.6 Å². The molecule has 0 radical (unpaired) electrons. The number of oxazole rings is 1. The van der Waals surface area contributed by atoms with Crippen LogP contribution in [0.4, 0.5) is 4.39 Å². The Morgan fingerprint density at radius 3 is 2.74 bits per heavy atom. The van der Waals surface area contributed by atoms with Crippen LogP contribution in [-0.4, -0.2) is 61.3 Å². The summed E-state index contributed by atoms with van der Waals surface area (Å²) in [6.45, 7) is 3.43. The molecule has 0 amide bonds. The van der Waals surface area contributed by atoms with E-state index in [9.17, 15) is 14.3 Å². The minimum Gasteiger partial charge on any atom is -0.477 e. The van der Waals surface area contributed by atoms with Crippen molar-refractivity contribution in [3.05, 3.63) is 94.0 Å². The summed E-state index contributed by atoms with van der Waals surface area (Å²) in [5.74, 6) is -0.160. The fourth-order valence-corrected chi connectivity index (χ4v) is 5.72. The van der Waals surface area contributed by atoms with Crippen molar-refractivity contribution in [1.82, 2.24) is 24.4 Å². The highest BCUT2D eigenvalue weighted by atomic mass is 35.5. The molecular formula is C31H27ClFN5O4. The molecule has 1 fully saturated rings. The number of carbonyl (C=O) groups is 1. The topological polar surface area (TPSA) is 107 Å². The number of carboxylic acids is 1. The summed E-state index contributed by atoms with van der Waals surface area (Å²) in [5, 5.41) is 9.80. The zero-order valence-corrected chi connectivity index (χ0v) is 23.4. The van der Waals surface area contributed by atoms with Gasteiger partial charge in [-0.2, -0.15) is 0 Å². The number of fused-ring (bicyclic) bond motifs is 2. The summed E-state index contributed by atoms with van der Waals surface area (Å²) in [7, 11) is 0. The van der Waals surface area contributed by atoms with Crippen molar-refractivity contribution in [2.24, 2.45) is 0 Å². The van der Waals surface area contributed by atoms with Crippen molar-refractivity contribution in [2.45, 2.75) is 38.5 Å². The van der Waals surface area contributed by atoms with Crippen LogP contribution in [0.2, 0.25) is 5.02 Å². The first kappa shape index (κ1) is 26.8. The lowest BCUT2D eigenvalue weighted by Crippen LogP contribution is -2.33. The van der Waals surface area contributed by atoms with Gasteiger partial charge in [-0.25, -0.2) is 24.1 Å². The fraction of sp³-hybridized carbons (Fsp3) is 0.290. The van der Waals surface area contributed by atoms with Crippen LogP contribution in [0.3, 0.4) is 0 Å². The molecule has 5 heterocycles. The van der Waals surface area contributed by atoms with Gasteiger partial charge in [0.1, 0.15) is 22.7 Å². The molecule has 0 spiro atoms. The summed E-state index contributed by atoms with van der Waals surface area (Å²) >= 11 is 5.90. The Kier molecular flexibility index (Phi) is 6.97. The van der Waals surface area contributed by atoms with Crippen LogP contribution in [0.1, 0.15) is 46.2 Å². The van der Waals surface area contributed by atoms with E-state index in [0.29, 0.717) is 52.9 Å². The molecule has 1 atom stereocenters. The molecule has 5 aromatic rings. The number of benzene rings is 2. The molecule has 2 aromatic carbocycles. The molecule has 3 aromatic heterocycles. The Hall–Kier alpha value is -4.12. The van der Waals surface area contributed by atoms with Gasteiger partial charge in [0.15, 0.2) is 22.8 Å². The predicted molar refractivity (Wildman–Crippen MR) is 155 cm³/mol. The van der Waals surface area contributed by atoms with E-state index in [2.05, 4.69) is 20.9 Å². The number of halogens is 2. The maximum Gasteiger partial charge on any atom is 0.354 e. The Balaban J connectivity index is 1.12. The first-order valence-corrected chi connectivity index (χ1v) is 14.2. The number of imidazole rings is 1. The van der Waals surface area contributed by atoms with Crippen LogP contribution in [0.5, 0.6) is 0 Å². The molecule has 1 saturated heterocycles. The summed E-state index contributed by atoms with van der Waals surface area (Å²) < 4.78 is 28.2. The Morgan fingerprint density at radius 1 is 1.12 bits per heavy atom. The lowest BCUT2D eigenvalue weighted by atomic mass is 9.98. The van der Waals surface area contributed by atoms with Crippen LogP contribution in [0, 0.1) is 5.82 Å². The Labute approximate surface area is 245 Å². The maximum atomic E-state index is 14.4. The third kappa shape index (κ3) is 5.17. The fourth-order valence-electron chi connectivity index (χ4n) is 5.56. The number of aromatic carboxylic acids is 1. The first-order valence-electron chi connectivity index (χ1n) is 13.9. The van der Waals surface area contributed by atoms with Crippen molar-refractivity contribution in [3.8, 4) is 0 Å². The van der Waals surface area contributed by atoms with Crippen LogP contribution < -0.4 is 0 Å². The average molecular weight is 588 g/mol. The van der Waals surface area contributed by atoms with Crippen molar-refractivity contribution < 1.29 is 23.4 Å². The van der Waals surface area contributed by atoms with Crippen molar-refractivity contribution >= 4 is 45.4 Å². The molecule has 1 N–H and O–H groups in total. The number of para-hydroxylation sites is 1. The SMILES string of the molecule is O=C(O)c1ccc2nc(CN3CC=C(c4cccc5nc(Cc6ccc(Cl)cc6F)oc45)CC3)n(C[C@@H]3CCO3)c2n1. The first-order chi connectivity index (χ1) is 20.4. The number of pyridine rings is 1. The molecule has 0 bridgehead atoms. The molecule has 9 nitrogen and oxygen atoms in total. The van der Waals surface area contributed by atoms with E-state index in [1.54, 1.807) is 18.2 Å². The van der Waals surface area contributed by atoms with Gasteiger partial charge in [-0.3, -0.25) is 4.90 Å². The number of hydrogen-bond donors (Lipinski definition) is 1. The normalized spacial score (nSPS) is 17.5. The molecular weight excluding hydrogens is 561 g/mol. The maximum absolute atomic E-state index is 14.4. The van der Waals surface area contributed by atoms with Gasteiger partial charge in [0.25, 0.3) is 0 Å². The zero-order chi connectivity index (χ0) is 28.8. The highest BCUT2D eigenvalue weighted by molar-refractivity contribution is 6.30. The third-order valence-corrected chi connectivity index (χ3v) is 8.13. The highest BCUT2D eigenvalue weighted by Gasteiger charge is 2.25. The number of carboxylic acid groups (broad SMARTS) is 1. The third-order valence-electron chi connectivity index (χ3n) is 7.89. The largest absolute Gasteiger partial charge is 0.477 e. The smallest absolute Gasteiger partial charge is 0.354 e. The molecule has 42 heavy (non-hydrogen) atoms. The van der Waals surface area contributed by atoms with Crippen molar-refractivity contribution in [3.63, 3.8) is 0 Å². The summed E-state index contributed by atoms with van der Waals surface area (Å²) in [6, 6.07) is 13.7. The van der Waals surface area contributed by atoms with Gasteiger partial charge in [-0.1, -0.05) is 35.9 Å². The predicted octanol–water partition coefficient (Wildman–Crippen LogP) is 5.73. The zero-order valence-electron chi connectivity index (χ0n) is 22.6. The van der Waals surface area contributed by atoms with E-state index >= 15 is 0 Å². The highest BCUT2D eigenvalue weighted by Crippen LogP contribution is 2.31. The number of aromatic nitrogens is 4.